The normalized spacial score (nSPS) is 10.8. The minimum absolute atomic E-state index is 0.105. The van der Waals surface area contributed by atoms with Crippen LogP contribution in [0, 0.1) is 0 Å². The fraction of sp³-hybridized carbons (Fsp3) is 0.235. The van der Waals surface area contributed by atoms with Crippen molar-refractivity contribution in [2.45, 2.75) is 19.8 Å². The number of aryl methyl sites for hydroxylation is 1. The number of nitrogens with zero attached hydrogens (tertiary/aromatic N) is 2. The highest BCUT2D eigenvalue weighted by molar-refractivity contribution is 5.70. The van der Waals surface area contributed by atoms with Gasteiger partial charge in [-0.1, -0.05) is 36.4 Å². The molecule has 1 heterocycles. The molecule has 0 unspecified atom stereocenters. The number of hydrogen-bond acceptors (Lipinski definition) is 5. The molecule has 22 heavy (non-hydrogen) atoms. The zero-order valence-corrected chi connectivity index (χ0v) is 12.4. The number of aromatic nitrogens is 2. The molecule has 0 aliphatic heterocycles. The molecule has 5 nitrogen and oxygen atoms in total. The van der Waals surface area contributed by atoms with Crippen LogP contribution >= 0.6 is 0 Å². The Morgan fingerprint density at radius 3 is 2.73 bits per heavy atom. The number of benzene rings is 1. The van der Waals surface area contributed by atoms with Gasteiger partial charge in [-0.15, -0.1) is 0 Å². The van der Waals surface area contributed by atoms with Crippen molar-refractivity contribution in [1.82, 2.24) is 9.97 Å². The van der Waals surface area contributed by atoms with Crippen molar-refractivity contribution < 1.29 is 14.6 Å². The summed E-state index contributed by atoms with van der Waals surface area (Å²) in [6.45, 7) is 2.11. The van der Waals surface area contributed by atoms with Gasteiger partial charge in [-0.3, -0.25) is 4.79 Å². The standard InChI is InChI=1S/C17H18N2O3/c1-2-22-16(20)11-9-14-12-18-15(19-17(14)21)10-8-13-6-4-3-5-7-13/h3-8,10,12H,2,9,11H2,1H3,(H,18,19,21)/b10-8+. The summed E-state index contributed by atoms with van der Waals surface area (Å²) in [7, 11) is 0. The Bertz CT molecular complexity index is 654. The second-order valence-electron chi connectivity index (χ2n) is 4.63. The molecule has 0 aliphatic carbocycles. The molecule has 0 saturated carbocycles. The third-order valence-corrected chi connectivity index (χ3v) is 2.99. The maximum absolute atomic E-state index is 11.3. The Balaban J connectivity index is 2.00. The molecular formula is C17H18N2O3. The van der Waals surface area contributed by atoms with Gasteiger partial charge in [0.05, 0.1) is 6.61 Å². The Morgan fingerprint density at radius 2 is 2.05 bits per heavy atom. The van der Waals surface area contributed by atoms with E-state index in [0.717, 1.165) is 5.56 Å². The fourth-order valence-electron chi connectivity index (χ4n) is 1.87. The van der Waals surface area contributed by atoms with Gasteiger partial charge in [0.2, 0.25) is 5.88 Å². The molecule has 1 N–H and O–H groups in total. The first kappa shape index (κ1) is 15.7. The number of ether oxygens (including phenoxy) is 1. The lowest BCUT2D eigenvalue weighted by Crippen LogP contribution is -2.06. The minimum atomic E-state index is -0.296. The van der Waals surface area contributed by atoms with E-state index in [1.165, 1.54) is 6.20 Å². The van der Waals surface area contributed by atoms with Crippen LogP contribution in [-0.2, 0) is 16.0 Å². The number of carbonyl (C=O) groups excluding carboxylic acids is 1. The Labute approximate surface area is 129 Å². The Hall–Kier alpha value is -2.69. The highest BCUT2D eigenvalue weighted by atomic mass is 16.5. The van der Waals surface area contributed by atoms with Crippen molar-refractivity contribution in [3.63, 3.8) is 0 Å². The maximum atomic E-state index is 11.3. The lowest BCUT2D eigenvalue weighted by atomic mass is 10.2. The van der Waals surface area contributed by atoms with Crippen LogP contribution in [0.25, 0.3) is 12.2 Å². The van der Waals surface area contributed by atoms with Crippen molar-refractivity contribution in [2.24, 2.45) is 0 Å². The van der Waals surface area contributed by atoms with Crippen molar-refractivity contribution in [2.75, 3.05) is 6.61 Å². The van der Waals surface area contributed by atoms with E-state index >= 15 is 0 Å². The quantitative estimate of drug-likeness (QED) is 0.830. The predicted molar refractivity (Wildman–Crippen MR) is 84.0 cm³/mol. The highest BCUT2D eigenvalue weighted by Crippen LogP contribution is 2.16. The van der Waals surface area contributed by atoms with Crippen LogP contribution in [-0.4, -0.2) is 27.7 Å². The summed E-state index contributed by atoms with van der Waals surface area (Å²) < 4.78 is 4.84. The molecule has 0 bridgehead atoms. The summed E-state index contributed by atoms with van der Waals surface area (Å²) >= 11 is 0. The number of esters is 1. The van der Waals surface area contributed by atoms with Crippen molar-refractivity contribution in [1.29, 1.82) is 0 Å². The van der Waals surface area contributed by atoms with Crippen LogP contribution in [0.15, 0.2) is 36.5 Å². The van der Waals surface area contributed by atoms with Crippen LogP contribution in [0.4, 0.5) is 0 Å². The fourth-order valence-corrected chi connectivity index (χ4v) is 1.87. The average Bonchev–Trinajstić information content (AvgIpc) is 2.53. The van der Waals surface area contributed by atoms with E-state index in [4.69, 9.17) is 4.74 Å². The largest absolute Gasteiger partial charge is 0.493 e. The zero-order valence-electron chi connectivity index (χ0n) is 12.4. The molecule has 1 aromatic carbocycles. The van der Waals surface area contributed by atoms with Gasteiger partial charge < -0.3 is 9.84 Å². The van der Waals surface area contributed by atoms with Gasteiger partial charge in [0.15, 0.2) is 5.82 Å². The molecule has 0 radical (unpaired) electrons. The molecule has 0 spiro atoms. The van der Waals surface area contributed by atoms with E-state index in [2.05, 4.69) is 9.97 Å². The van der Waals surface area contributed by atoms with E-state index in [0.29, 0.717) is 24.4 Å². The van der Waals surface area contributed by atoms with E-state index in [-0.39, 0.29) is 18.3 Å². The molecule has 0 saturated heterocycles. The van der Waals surface area contributed by atoms with Gasteiger partial charge in [0.25, 0.3) is 0 Å². The molecule has 0 atom stereocenters. The second kappa shape index (κ2) is 7.93. The highest BCUT2D eigenvalue weighted by Gasteiger charge is 2.08. The number of aromatic hydroxyl groups is 1. The van der Waals surface area contributed by atoms with Crippen molar-refractivity contribution in [3.8, 4) is 5.88 Å². The van der Waals surface area contributed by atoms with Crippen LogP contribution in [0.2, 0.25) is 0 Å². The van der Waals surface area contributed by atoms with Gasteiger partial charge >= 0.3 is 5.97 Å². The summed E-state index contributed by atoms with van der Waals surface area (Å²) in [5.74, 6) is 0.0168. The monoisotopic (exact) mass is 298 g/mol. The molecule has 5 heteroatoms. The molecule has 114 valence electrons. The third kappa shape index (κ3) is 4.70. The summed E-state index contributed by atoms with van der Waals surface area (Å²) in [4.78, 5) is 19.5. The molecule has 1 aromatic heterocycles. The average molecular weight is 298 g/mol. The first-order valence-electron chi connectivity index (χ1n) is 7.12. The third-order valence-electron chi connectivity index (χ3n) is 2.99. The van der Waals surface area contributed by atoms with Gasteiger partial charge in [-0.25, -0.2) is 4.98 Å². The molecule has 2 aromatic rings. The zero-order chi connectivity index (χ0) is 15.8. The lowest BCUT2D eigenvalue weighted by Gasteiger charge is -2.04. The van der Waals surface area contributed by atoms with Gasteiger partial charge in [-0.05, 0) is 25.0 Å². The van der Waals surface area contributed by atoms with Gasteiger partial charge in [0, 0.05) is 18.2 Å². The number of carbonyl (C=O) groups is 1. The molecule has 0 amide bonds. The number of hydrogen-bond donors (Lipinski definition) is 1. The van der Waals surface area contributed by atoms with Crippen molar-refractivity contribution >= 4 is 18.1 Å². The maximum Gasteiger partial charge on any atom is 0.306 e. The molecular weight excluding hydrogens is 280 g/mol. The second-order valence-corrected chi connectivity index (χ2v) is 4.63. The SMILES string of the molecule is CCOC(=O)CCc1cnc(/C=C/c2ccccc2)nc1O. The summed E-state index contributed by atoms with van der Waals surface area (Å²) in [6, 6.07) is 9.75. The summed E-state index contributed by atoms with van der Waals surface area (Å²) in [5, 5.41) is 9.89. The smallest absolute Gasteiger partial charge is 0.306 e. The van der Waals surface area contributed by atoms with Crippen molar-refractivity contribution in [3.05, 3.63) is 53.5 Å². The Kier molecular flexibility index (Phi) is 5.65. The first-order chi connectivity index (χ1) is 10.7. The van der Waals surface area contributed by atoms with Gasteiger partial charge in [-0.2, -0.15) is 4.98 Å². The van der Waals surface area contributed by atoms with Crippen LogP contribution in [0.1, 0.15) is 30.3 Å². The molecule has 0 fully saturated rings. The van der Waals surface area contributed by atoms with Crippen LogP contribution in [0.3, 0.4) is 0 Å². The van der Waals surface area contributed by atoms with E-state index in [1.807, 2.05) is 36.4 Å². The van der Waals surface area contributed by atoms with E-state index < -0.39 is 0 Å². The lowest BCUT2D eigenvalue weighted by molar-refractivity contribution is -0.143. The first-order valence-corrected chi connectivity index (χ1v) is 7.12. The summed E-state index contributed by atoms with van der Waals surface area (Å²) in [6.07, 6.45) is 5.68. The summed E-state index contributed by atoms with van der Waals surface area (Å²) in [5.41, 5.74) is 1.56. The topological polar surface area (TPSA) is 72.3 Å². The predicted octanol–water partition coefficient (Wildman–Crippen LogP) is 2.85. The molecule has 2 rings (SSSR count). The number of rotatable bonds is 6. The van der Waals surface area contributed by atoms with E-state index in [9.17, 15) is 9.90 Å². The van der Waals surface area contributed by atoms with E-state index in [1.54, 1.807) is 13.0 Å². The van der Waals surface area contributed by atoms with Crippen LogP contribution in [0.5, 0.6) is 5.88 Å². The van der Waals surface area contributed by atoms with Gasteiger partial charge in [0.1, 0.15) is 0 Å². The van der Waals surface area contributed by atoms with Crippen LogP contribution < -0.4 is 0 Å². The minimum Gasteiger partial charge on any atom is -0.493 e. The molecule has 0 aliphatic rings. The Morgan fingerprint density at radius 1 is 1.27 bits per heavy atom.